The summed E-state index contributed by atoms with van der Waals surface area (Å²) in [6.45, 7) is 8.34. The molecule has 3 atom stereocenters. The molecule has 1 aliphatic rings. The van der Waals surface area contributed by atoms with Crippen molar-refractivity contribution in [2.24, 2.45) is 11.8 Å². The largest absolute Gasteiger partial charge is 0.373 e. The van der Waals surface area contributed by atoms with Gasteiger partial charge in [0.25, 0.3) is 0 Å². The highest BCUT2D eigenvalue weighted by Crippen LogP contribution is 2.31. The number of hydrogen-bond acceptors (Lipinski definition) is 3. The van der Waals surface area contributed by atoms with Crippen LogP contribution in [0.15, 0.2) is 18.3 Å². The number of nitrogens with zero attached hydrogens (tertiary/aromatic N) is 1. The fourth-order valence-electron chi connectivity index (χ4n) is 2.74. The smallest absolute Gasteiger partial charge is 0.131 e. The molecule has 106 valence electrons. The van der Waals surface area contributed by atoms with E-state index < -0.39 is 0 Å². The molecule has 1 heterocycles. The molecule has 3 nitrogen and oxygen atoms in total. The molecule has 1 fully saturated rings. The quantitative estimate of drug-likeness (QED) is 0.875. The van der Waals surface area contributed by atoms with Gasteiger partial charge < -0.3 is 10.1 Å². The summed E-state index contributed by atoms with van der Waals surface area (Å²) in [5.41, 5.74) is 1.16. The minimum atomic E-state index is 0.417. The number of ether oxygens (including phenoxy) is 1. The van der Waals surface area contributed by atoms with Crippen LogP contribution in [-0.4, -0.2) is 17.6 Å². The summed E-state index contributed by atoms with van der Waals surface area (Å²) in [5.74, 6) is 2.58. The number of nitrogens with one attached hydrogen (secondary N) is 1. The maximum atomic E-state index is 6.09. The predicted molar refractivity (Wildman–Crippen MR) is 79.2 cm³/mol. The van der Waals surface area contributed by atoms with Crippen molar-refractivity contribution >= 4 is 5.82 Å². The van der Waals surface area contributed by atoms with Crippen molar-refractivity contribution < 1.29 is 4.74 Å². The molecule has 1 N–H and O–H groups in total. The molecule has 2 rings (SSSR count). The van der Waals surface area contributed by atoms with E-state index in [1.54, 1.807) is 0 Å². The van der Waals surface area contributed by atoms with E-state index in [-0.39, 0.29) is 0 Å². The first-order valence-electron chi connectivity index (χ1n) is 7.50. The third-order valence-electron chi connectivity index (χ3n) is 4.26. The zero-order chi connectivity index (χ0) is 13.7. The van der Waals surface area contributed by atoms with E-state index in [1.165, 1.54) is 19.3 Å². The normalized spacial score (nSPS) is 27.2. The minimum absolute atomic E-state index is 0.417. The molecule has 1 aromatic heterocycles. The summed E-state index contributed by atoms with van der Waals surface area (Å²) in [7, 11) is 0. The molecule has 0 aliphatic heterocycles. The number of anilines is 1. The van der Waals surface area contributed by atoms with Gasteiger partial charge in [-0.25, -0.2) is 4.98 Å². The monoisotopic (exact) mass is 262 g/mol. The van der Waals surface area contributed by atoms with Crippen molar-refractivity contribution in [1.29, 1.82) is 0 Å². The second-order valence-corrected chi connectivity index (χ2v) is 5.74. The molecule has 0 saturated heterocycles. The molecule has 19 heavy (non-hydrogen) atoms. The van der Waals surface area contributed by atoms with Crippen LogP contribution < -0.4 is 5.32 Å². The maximum absolute atomic E-state index is 6.09. The maximum Gasteiger partial charge on any atom is 0.131 e. The Labute approximate surface area is 116 Å². The van der Waals surface area contributed by atoms with Crippen LogP contribution in [0.5, 0.6) is 0 Å². The highest BCUT2D eigenvalue weighted by molar-refractivity contribution is 5.42. The molecule has 1 aromatic rings. The van der Waals surface area contributed by atoms with Crippen molar-refractivity contribution in [3.63, 3.8) is 0 Å². The zero-order valence-electron chi connectivity index (χ0n) is 12.4. The van der Waals surface area contributed by atoms with Crippen LogP contribution >= 0.6 is 0 Å². The van der Waals surface area contributed by atoms with Crippen LogP contribution in [0, 0.1) is 11.8 Å². The SMILES string of the molecule is CCNc1ncccc1COC1CCC(C)C(C)C1. The Morgan fingerprint density at radius 1 is 1.32 bits per heavy atom. The highest BCUT2D eigenvalue weighted by Gasteiger charge is 2.25. The van der Waals surface area contributed by atoms with Gasteiger partial charge in [-0.3, -0.25) is 0 Å². The fourth-order valence-corrected chi connectivity index (χ4v) is 2.74. The van der Waals surface area contributed by atoms with E-state index in [9.17, 15) is 0 Å². The van der Waals surface area contributed by atoms with Gasteiger partial charge in [0.05, 0.1) is 12.7 Å². The summed E-state index contributed by atoms with van der Waals surface area (Å²) < 4.78 is 6.09. The first-order valence-corrected chi connectivity index (χ1v) is 7.50. The molecule has 1 aliphatic carbocycles. The highest BCUT2D eigenvalue weighted by atomic mass is 16.5. The van der Waals surface area contributed by atoms with E-state index in [0.29, 0.717) is 12.7 Å². The van der Waals surface area contributed by atoms with Gasteiger partial charge >= 0.3 is 0 Å². The molecule has 0 bridgehead atoms. The van der Waals surface area contributed by atoms with Crippen molar-refractivity contribution in [3.8, 4) is 0 Å². The van der Waals surface area contributed by atoms with Crippen LogP contribution in [0.3, 0.4) is 0 Å². The first-order chi connectivity index (χ1) is 9.20. The average Bonchev–Trinajstić information content (AvgIpc) is 2.42. The average molecular weight is 262 g/mol. The molecule has 0 spiro atoms. The summed E-state index contributed by atoms with van der Waals surface area (Å²) in [5, 5.41) is 3.29. The van der Waals surface area contributed by atoms with E-state index >= 15 is 0 Å². The predicted octanol–water partition coefficient (Wildman–Crippen LogP) is 3.85. The lowest BCUT2D eigenvalue weighted by Gasteiger charge is -2.32. The Hall–Kier alpha value is -1.09. The van der Waals surface area contributed by atoms with Crippen LogP contribution in [0.2, 0.25) is 0 Å². The van der Waals surface area contributed by atoms with E-state index in [2.05, 4.69) is 37.1 Å². The summed E-state index contributed by atoms with van der Waals surface area (Å²) >= 11 is 0. The molecule has 0 radical (unpaired) electrons. The van der Waals surface area contributed by atoms with Crippen molar-refractivity contribution in [2.45, 2.75) is 52.7 Å². The zero-order valence-corrected chi connectivity index (χ0v) is 12.4. The Balaban J connectivity index is 1.88. The number of aromatic nitrogens is 1. The Morgan fingerprint density at radius 3 is 2.89 bits per heavy atom. The molecule has 0 aromatic carbocycles. The van der Waals surface area contributed by atoms with Gasteiger partial charge in [-0.15, -0.1) is 0 Å². The Kier molecular flexibility index (Phi) is 5.20. The lowest BCUT2D eigenvalue weighted by Crippen LogP contribution is -2.26. The van der Waals surface area contributed by atoms with E-state index in [4.69, 9.17) is 4.74 Å². The third kappa shape index (κ3) is 3.93. The Morgan fingerprint density at radius 2 is 2.16 bits per heavy atom. The van der Waals surface area contributed by atoms with Gasteiger partial charge in [-0.2, -0.15) is 0 Å². The van der Waals surface area contributed by atoms with Crippen molar-refractivity contribution in [3.05, 3.63) is 23.9 Å². The molecule has 0 amide bonds. The standard InChI is InChI=1S/C16H26N2O/c1-4-17-16-14(6-5-9-18-16)11-19-15-8-7-12(2)13(3)10-15/h5-6,9,12-13,15H,4,7-8,10-11H2,1-3H3,(H,17,18). The number of hydrogen-bond donors (Lipinski definition) is 1. The lowest BCUT2D eigenvalue weighted by atomic mass is 9.80. The molecular formula is C16H26N2O. The molecule has 3 heteroatoms. The topological polar surface area (TPSA) is 34.2 Å². The van der Waals surface area contributed by atoms with Gasteiger partial charge in [0.15, 0.2) is 0 Å². The molecule has 3 unspecified atom stereocenters. The van der Waals surface area contributed by atoms with E-state index in [0.717, 1.165) is 29.8 Å². The molecule has 1 saturated carbocycles. The second-order valence-electron chi connectivity index (χ2n) is 5.74. The van der Waals surface area contributed by atoms with Crippen LogP contribution in [-0.2, 0) is 11.3 Å². The van der Waals surface area contributed by atoms with Crippen LogP contribution in [0.1, 0.15) is 45.6 Å². The van der Waals surface area contributed by atoms with Gasteiger partial charge in [0, 0.05) is 18.3 Å². The van der Waals surface area contributed by atoms with Crippen LogP contribution in [0.4, 0.5) is 5.82 Å². The van der Waals surface area contributed by atoms with Crippen LogP contribution in [0.25, 0.3) is 0 Å². The van der Waals surface area contributed by atoms with E-state index in [1.807, 2.05) is 12.3 Å². The number of pyridine rings is 1. The summed E-state index contributed by atoms with van der Waals surface area (Å²) in [6.07, 6.45) is 5.92. The number of rotatable bonds is 5. The van der Waals surface area contributed by atoms with Crippen molar-refractivity contribution in [2.75, 3.05) is 11.9 Å². The minimum Gasteiger partial charge on any atom is -0.373 e. The van der Waals surface area contributed by atoms with Gasteiger partial charge in [0.2, 0.25) is 0 Å². The lowest BCUT2D eigenvalue weighted by molar-refractivity contribution is -0.00731. The summed E-state index contributed by atoms with van der Waals surface area (Å²) in [6, 6.07) is 4.07. The Bertz CT molecular complexity index is 394. The summed E-state index contributed by atoms with van der Waals surface area (Å²) in [4.78, 5) is 4.37. The fraction of sp³-hybridized carbons (Fsp3) is 0.688. The first kappa shape index (κ1) is 14.3. The van der Waals surface area contributed by atoms with Gasteiger partial charge in [-0.1, -0.05) is 19.9 Å². The second kappa shape index (κ2) is 6.90. The van der Waals surface area contributed by atoms with Crippen molar-refractivity contribution in [1.82, 2.24) is 4.98 Å². The third-order valence-corrected chi connectivity index (χ3v) is 4.26. The molecular weight excluding hydrogens is 236 g/mol. The van der Waals surface area contributed by atoms with Gasteiger partial charge in [0.1, 0.15) is 5.82 Å². The van der Waals surface area contributed by atoms with Gasteiger partial charge in [-0.05, 0) is 44.1 Å².